The summed E-state index contributed by atoms with van der Waals surface area (Å²) in [6.07, 6.45) is -0.505. The number of nitrogens with zero attached hydrogens (tertiary/aromatic N) is 1. The van der Waals surface area contributed by atoms with Crippen molar-refractivity contribution in [1.82, 2.24) is 4.98 Å². The first-order valence-corrected chi connectivity index (χ1v) is 9.36. The molecule has 7 heteroatoms. The van der Waals surface area contributed by atoms with Gasteiger partial charge in [0.15, 0.2) is 11.5 Å². The molecule has 3 aromatic rings. The number of carbonyl (C=O) groups excluding carboxylic acids is 2. The minimum absolute atomic E-state index is 0.260. The van der Waals surface area contributed by atoms with E-state index in [2.05, 4.69) is 4.98 Å². The van der Waals surface area contributed by atoms with Crippen molar-refractivity contribution in [3.8, 4) is 22.8 Å². The second kappa shape index (κ2) is 7.09. The lowest BCUT2D eigenvalue weighted by molar-refractivity contribution is -0.145. The molecule has 5 rings (SSSR count). The predicted molar refractivity (Wildman–Crippen MR) is 103 cm³/mol. The molecule has 0 N–H and O–H groups in total. The monoisotopic (exact) mass is 391 g/mol. The van der Waals surface area contributed by atoms with Crippen LogP contribution in [0.15, 0.2) is 48.5 Å². The summed E-state index contributed by atoms with van der Waals surface area (Å²) >= 11 is 0. The Morgan fingerprint density at radius 1 is 0.966 bits per heavy atom. The molecule has 0 saturated carbocycles. The Bertz CT molecular complexity index is 1130. The van der Waals surface area contributed by atoms with Crippen LogP contribution >= 0.6 is 0 Å². The van der Waals surface area contributed by atoms with Crippen molar-refractivity contribution in [3.05, 3.63) is 54.1 Å². The molecular weight excluding hydrogens is 374 g/mol. The smallest absolute Gasteiger partial charge is 0.347 e. The maximum Gasteiger partial charge on any atom is 0.347 e. The van der Waals surface area contributed by atoms with Crippen molar-refractivity contribution < 1.29 is 28.5 Å². The highest BCUT2D eigenvalue weighted by atomic mass is 16.6. The summed E-state index contributed by atoms with van der Waals surface area (Å²) in [7, 11) is 0. The third kappa shape index (κ3) is 3.24. The Labute approximate surface area is 166 Å². The van der Waals surface area contributed by atoms with Crippen LogP contribution in [0.4, 0.5) is 0 Å². The molecule has 1 saturated heterocycles. The van der Waals surface area contributed by atoms with Crippen LogP contribution in [0.5, 0.6) is 11.5 Å². The number of para-hydroxylation sites is 1. The van der Waals surface area contributed by atoms with Crippen LogP contribution in [-0.4, -0.2) is 42.8 Å². The number of pyridine rings is 1. The zero-order chi connectivity index (χ0) is 19.8. The van der Waals surface area contributed by atoms with Crippen molar-refractivity contribution in [1.29, 1.82) is 0 Å². The predicted octanol–water partition coefficient (Wildman–Crippen LogP) is 3.15. The van der Waals surface area contributed by atoms with Crippen LogP contribution in [0.25, 0.3) is 22.2 Å². The number of hydrogen-bond donors (Lipinski definition) is 0. The molecule has 0 amide bonds. The van der Waals surface area contributed by atoms with Gasteiger partial charge in [-0.25, -0.2) is 14.6 Å². The number of aromatic nitrogens is 1. The van der Waals surface area contributed by atoms with E-state index in [0.717, 1.165) is 5.56 Å². The highest BCUT2D eigenvalue weighted by Gasteiger charge is 2.31. The maximum absolute atomic E-state index is 12.9. The SMILES string of the molecule is O=C(O[C@H]1CCOC1=O)c1cc(-c2ccc3c(c2)OCCO3)nc2ccccc12. The Morgan fingerprint density at radius 3 is 2.62 bits per heavy atom. The summed E-state index contributed by atoms with van der Waals surface area (Å²) in [6.45, 7) is 1.26. The lowest BCUT2D eigenvalue weighted by Crippen LogP contribution is -2.23. The normalized spacial score (nSPS) is 17.8. The summed E-state index contributed by atoms with van der Waals surface area (Å²) in [5, 5.41) is 0.658. The Kier molecular flexibility index (Phi) is 4.27. The molecule has 2 aliphatic heterocycles. The standard InChI is InChI=1S/C22H17NO6/c24-21(29-19-7-8-28-22(19)25)15-12-17(23-16-4-2-1-3-14(15)16)13-5-6-18-20(11-13)27-10-9-26-18/h1-6,11-12,19H,7-10H2/t19-/m0/s1. The van der Waals surface area contributed by atoms with Crippen molar-refractivity contribution in [2.24, 2.45) is 0 Å². The molecule has 3 heterocycles. The highest BCUT2D eigenvalue weighted by Crippen LogP contribution is 2.35. The van der Waals surface area contributed by atoms with Gasteiger partial charge in [0.05, 0.1) is 23.4 Å². The van der Waals surface area contributed by atoms with Gasteiger partial charge in [-0.2, -0.15) is 0 Å². The van der Waals surface area contributed by atoms with Gasteiger partial charge in [0.25, 0.3) is 0 Å². The Morgan fingerprint density at radius 2 is 1.79 bits per heavy atom. The summed E-state index contributed by atoms with van der Waals surface area (Å²) < 4.78 is 21.5. The third-order valence-corrected chi connectivity index (χ3v) is 4.91. The minimum Gasteiger partial charge on any atom is -0.486 e. The molecule has 2 aliphatic rings. The van der Waals surface area contributed by atoms with Crippen LogP contribution < -0.4 is 9.47 Å². The number of esters is 2. The van der Waals surface area contributed by atoms with Crippen LogP contribution in [0.1, 0.15) is 16.8 Å². The van der Waals surface area contributed by atoms with Gasteiger partial charge in [0, 0.05) is 17.4 Å². The number of fused-ring (bicyclic) bond motifs is 2. The van der Waals surface area contributed by atoms with E-state index in [1.165, 1.54) is 0 Å². The average Bonchev–Trinajstić information content (AvgIpc) is 3.16. The van der Waals surface area contributed by atoms with Gasteiger partial charge in [-0.05, 0) is 30.3 Å². The molecule has 0 unspecified atom stereocenters. The van der Waals surface area contributed by atoms with E-state index in [9.17, 15) is 9.59 Å². The number of rotatable bonds is 3. The maximum atomic E-state index is 12.9. The fourth-order valence-corrected chi connectivity index (χ4v) is 3.47. The summed E-state index contributed by atoms with van der Waals surface area (Å²) in [5.74, 6) is 0.233. The second-order valence-corrected chi connectivity index (χ2v) is 6.78. The topological polar surface area (TPSA) is 84.0 Å². The number of carbonyl (C=O) groups is 2. The summed E-state index contributed by atoms with van der Waals surface area (Å²) in [6, 6.07) is 14.5. The molecule has 1 aromatic heterocycles. The zero-order valence-electron chi connectivity index (χ0n) is 15.4. The van der Waals surface area contributed by atoms with Crippen molar-refractivity contribution in [2.45, 2.75) is 12.5 Å². The van der Waals surface area contributed by atoms with E-state index >= 15 is 0 Å². The van der Waals surface area contributed by atoms with Crippen molar-refractivity contribution in [3.63, 3.8) is 0 Å². The molecular formula is C22H17NO6. The van der Waals surface area contributed by atoms with Crippen LogP contribution in [0, 0.1) is 0 Å². The fourth-order valence-electron chi connectivity index (χ4n) is 3.47. The number of ether oxygens (including phenoxy) is 4. The van der Waals surface area contributed by atoms with E-state index < -0.39 is 18.0 Å². The largest absolute Gasteiger partial charge is 0.486 e. The van der Waals surface area contributed by atoms with Gasteiger partial charge in [0.2, 0.25) is 6.10 Å². The van der Waals surface area contributed by atoms with E-state index in [1.807, 2.05) is 36.4 Å². The Balaban J connectivity index is 1.57. The second-order valence-electron chi connectivity index (χ2n) is 6.78. The number of benzene rings is 2. The van der Waals surface area contributed by atoms with Crippen LogP contribution in [0.2, 0.25) is 0 Å². The molecule has 0 aliphatic carbocycles. The third-order valence-electron chi connectivity index (χ3n) is 4.91. The van der Waals surface area contributed by atoms with E-state index in [4.69, 9.17) is 18.9 Å². The molecule has 0 spiro atoms. The van der Waals surface area contributed by atoms with E-state index in [1.54, 1.807) is 12.1 Å². The van der Waals surface area contributed by atoms with Gasteiger partial charge >= 0.3 is 11.9 Å². The molecule has 146 valence electrons. The van der Waals surface area contributed by atoms with Gasteiger partial charge in [-0.15, -0.1) is 0 Å². The first kappa shape index (κ1) is 17.5. The number of hydrogen-bond acceptors (Lipinski definition) is 7. The van der Waals surface area contributed by atoms with Crippen LogP contribution in [-0.2, 0) is 14.3 Å². The Hall–Kier alpha value is -3.61. The summed E-state index contributed by atoms with van der Waals surface area (Å²) in [5.41, 5.74) is 2.39. The highest BCUT2D eigenvalue weighted by molar-refractivity contribution is 6.05. The van der Waals surface area contributed by atoms with Gasteiger partial charge in [-0.3, -0.25) is 0 Å². The average molecular weight is 391 g/mol. The molecule has 29 heavy (non-hydrogen) atoms. The van der Waals surface area contributed by atoms with Gasteiger partial charge in [0.1, 0.15) is 13.2 Å². The first-order valence-electron chi connectivity index (χ1n) is 9.36. The fraction of sp³-hybridized carbons (Fsp3) is 0.227. The van der Waals surface area contributed by atoms with Gasteiger partial charge < -0.3 is 18.9 Å². The van der Waals surface area contributed by atoms with Crippen molar-refractivity contribution in [2.75, 3.05) is 19.8 Å². The lowest BCUT2D eigenvalue weighted by Gasteiger charge is -2.19. The summed E-state index contributed by atoms with van der Waals surface area (Å²) in [4.78, 5) is 29.3. The molecule has 1 fully saturated rings. The van der Waals surface area contributed by atoms with Crippen LogP contribution in [0.3, 0.4) is 0 Å². The molecule has 2 aromatic carbocycles. The minimum atomic E-state index is -0.868. The molecule has 7 nitrogen and oxygen atoms in total. The molecule has 1 atom stereocenters. The zero-order valence-corrected chi connectivity index (χ0v) is 15.4. The number of cyclic esters (lactones) is 1. The van der Waals surface area contributed by atoms with Gasteiger partial charge in [-0.1, -0.05) is 18.2 Å². The van der Waals surface area contributed by atoms with E-state index in [0.29, 0.717) is 53.3 Å². The molecule has 0 bridgehead atoms. The lowest BCUT2D eigenvalue weighted by atomic mass is 10.0. The van der Waals surface area contributed by atoms with Crippen molar-refractivity contribution >= 4 is 22.8 Å². The molecule has 0 radical (unpaired) electrons. The quantitative estimate of drug-likeness (QED) is 0.634. The first-order chi connectivity index (χ1) is 14.2. The van der Waals surface area contributed by atoms with E-state index in [-0.39, 0.29) is 6.61 Å².